The maximum absolute atomic E-state index is 13.0. The maximum atomic E-state index is 13.0. The van der Waals surface area contributed by atoms with Gasteiger partial charge in [0.1, 0.15) is 12.0 Å². The molecule has 2 aliphatic carbocycles. The van der Waals surface area contributed by atoms with Gasteiger partial charge in [-0.15, -0.1) is 10.2 Å². The van der Waals surface area contributed by atoms with E-state index < -0.39 is 0 Å². The Labute approximate surface area is 198 Å². The van der Waals surface area contributed by atoms with Gasteiger partial charge in [0, 0.05) is 40.9 Å². The van der Waals surface area contributed by atoms with Gasteiger partial charge in [-0.2, -0.15) is 0 Å². The summed E-state index contributed by atoms with van der Waals surface area (Å²) in [6.07, 6.45) is 12.7. The molecule has 34 heavy (non-hydrogen) atoms. The topological polar surface area (TPSA) is 85.6 Å². The zero-order valence-corrected chi connectivity index (χ0v) is 18.9. The number of carbonyl (C=O) groups is 1. The zero-order chi connectivity index (χ0) is 22.9. The van der Waals surface area contributed by atoms with Gasteiger partial charge in [-0.25, -0.2) is 0 Å². The Morgan fingerprint density at radius 1 is 0.971 bits per heavy atom. The number of nitrogens with zero attached hydrogens (tertiary/aromatic N) is 5. The van der Waals surface area contributed by atoms with E-state index in [0.717, 1.165) is 53.4 Å². The number of amides is 1. The van der Waals surface area contributed by atoms with Gasteiger partial charge in [0.2, 0.25) is 0 Å². The number of pyridine rings is 2. The fourth-order valence-corrected chi connectivity index (χ4v) is 4.44. The van der Waals surface area contributed by atoms with Crippen LogP contribution in [0.3, 0.4) is 0 Å². The van der Waals surface area contributed by atoms with Gasteiger partial charge in [0.15, 0.2) is 5.82 Å². The third-order valence-electron chi connectivity index (χ3n) is 6.77. The van der Waals surface area contributed by atoms with E-state index in [1.807, 2.05) is 42.6 Å². The molecule has 6 rings (SSSR count). The van der Waals surface area contributed by atoms with E-state index >= 15 is 0 Å². The Bertz CT molecular complexity index is 1320. The van der Waals surface area contributed by atoms with Crippen LogP contribution in [0.15, 0.2) is 67.3 Å². The lowest BCUT2D eigenvalue weighted by molar-refractivity contribution is 0.102. The minimum atomic E-state index is -0.253. The molecule has 0 bridgehead atoms. The molecule has 0 aliphatic heterocycles. The van der Waals surface area contributed by atoms with E-state index in [2.05, 4.69) is 42.2 Å². The average Bonchev–Trinajstić information content (AvgIpc) is 3.58. The first-order valence-corrected chi connectivity index (χ1v) is 12.0. The first-order chi connectivity index (χ1) is 16.7. The van der Waals surface area contributed by atoms with Crippen molar-refractivity contribution in [2.45, 2.75) is 44.6 Å². The fraction of sp³-hybridized carbons (Fsp3) is 0.296. The fourth-order valence-electron chi connectivity index (χ4n) is 4.44. The van der Waals surface area contributed by atoms with Crippen molar-refractivity contribution in [1.29, 1.82) is 0 Å². The summed E-state index contributed by atoms with van der Waals surface area (Å²) < 4.78 is 2.11. The van der Waals surface area contributed by atoms with Gasteiger partial charge >= 0.3 is 0 Å². The number of hydrogen-bond acceptors (Lipinski definition) is 5. The lowest BCUT2D eigenvalue weighted by Gasteiger charge is -2.24. The van der Waals surface area contributed by atoms with Crippen molar-refractivity contribution in [3.8, 4) is 22.5 Å². The van der Waals surface area contributed by atoms with Gasteiger partial charge in [0.05, 0.1) is 0 Å². The largest absolute Gasteiger partial charge is 0.321 e. The molecule has 0 spiro atoms. The number of anilines is 1. The van der Waals surface area contributed by atoms with Crippen LogP contribution in [0.1, 0.15) is 54.3 Å². The van der Waals surface area contributed by atoms with Crippen molar-refractivity contribution in [2.75, 3.05) is 5.32 Å². The Kier molecular flexibility index (Phi) is 5.37. The summed E-state index contributed by atoms with van der Waals surface area (Å²) in [7, 11) is 0. The van der Waals surface area contributed by atoms with Gasteiger partial charge in [0.25, 0.3) is 5.91 Å². The SMILES string of the molecule is O=C(Nc1cccc(-c2nncn2C2CC2)c1)c1cc(-c2ccc(CC3CCC3)nc2)ccn1. The second-order valence-corrected chi connectivity index (χ2v) is 9.30. The highest BCUT2D eigenvalue weighted by Crippen LogP contribution is 2.37. The molecule has 1 aromatic carbocycles. The van der Waals surface area contributed by atoms with Crippen LogP contribution < -0.4 is 5.32 Å². The van der Waals surface area contributed by atoms with Crippen molar-refractivity contribution < 1.29 is 4.79 Å². The molecular formula is C27H26N6O. The number of hydrogen-bond donors (Lipinski definition) is 1. The van der Waals surface area contributed by atoms with Crippen LogP contribution in [-0.4, -0.2) is 30.6 Å². The van der Waals surface area contributed by atoms with Crippen molar-refractivity contribution in [1.82, 2.24) is 24.7 Å². The first-order valence-electron chi connectivity index (χ1n) is 12.0. The number of aromatic nitrogens is 5. The van der Waals surface area contributed by atoms with Crippen molar-refractivity contribution >= 4 is 11.6 Å². The Hall–Kier alpha value is -3.87. The highest BCUT2D eigenvalue weighted by molar-refractivity contribution is 6.03. The summed E-state index contributed by atoms with van der Waals surface area (Å²) in [4.78, 5) is 21.9. The van der Waals surface area contributed by atoms with Gasteiger partial charge in [-0.3, -0.25) is 14.8 Å². The molecule has 2 saturated carbocycles. The van der Waals surface area contributed by atoms with Gasteiger partial charge < -0.3 is 9.88 Å². The van der Waals surface area contributed by atoms with Crippen LogP contribution in [0.2, 0.25) is 0 Å². The van der Waals surface area contributed by atoms with Gasteiger partial charge in [-0.1, -0.05) is 37.5 Å². The molecule has 3 heterocycles. The molecule has 0 radical (unpaired) electrons. The van der Waals surface area contributed by atoms with E-state index in [1.165, 1.54) is 19.3 Å². The molecule has 7 heteroatoms. The molecule has 1 N–H and O–H groups in total. The number of carbonyl (C=O) groups excluding carboxylic acids is 1. The summed E-state index contributed by atoms with van der Waals surface area (Å²) in [5, 5.41) is 11.3. The molecule has 0 atom stereocenters. The predicted molar refractivity (Wildman–Crippen MR) is 130 cm³/mol. The minimum Gasteiger partial charge on any atom is -0.321 e. The van der Waals surface area contributed by atoms with Crippen molar-refractivity contribution in [3.63, 3.8) is 0 Å². The van der Waals surface area contributed by atoms with Crippen LogP contribution in [0.25, 0.3) is 22.5 Å². The minimum absolute atomic E-state index is 0.253. The Balaban J connectivity index is 1.17. The number of benzene rings is 1. The van der Waals surface area contributed by atoms with Crippen LogP contribution in [0.4, 0.5) is 5.69 Å². The molecule has 2 aliphatic rings. The highest BCUT2D eigenvalue weighted by Gasteiger charge is 2.26. The molecule has 170 valence electrons. The zero-order valence-electron chi connectivity index (χ0n) is 18.9. The average molecular weight is 451 g/mol. The normalized spacial score (nSPS) is 15.6. The predicted octanol–water partition coefficient (Wildman–Crippen LogP) is 5.33. The summed E-state index contributed by atoms with van der Waals surface area (Å²) in [5.41, 5.74) is 5.03. The summed E-state index contributed by atoms with van der Waals surface area (Å²) in [6, 6.07) is 16.1. The molecule has 0 saturated heterocycles. The standard InChI is InChI=1S/C27H26N6O/c34-27(31-23-6-2-5-20(14-23)26-32-30-17-33(26)24-9-10-24)25-15-19(11-12-28-25)21-7-8-22(29-16-21)13-18-3-1-4-18/h2,5-8,11-12,14-18,24H,1,3-4,9-10,13H2,(H,31,34). The molecule has 7 nitrogen and oxygen atoms in total. The number of rotatable bonds is 7. The lowest BCUT2D eigenvalue weighted by Crippen LogP contribution is -2.14. The van der Waals surface area contributed by atoms with Gasteiger partial charge in [-0.05, 0) is 61.1 Å². The van der Waals surface area contributed by atoms with Crippen molar-refractivity contribution in [3.05, 3.63) is 78.6 Å². The third-order valence-corrected chi connectivity index (χ3v) is 6.77. The third kappa shape index (κ3) is 4.33. The van der Waals surface area contributed by atoms with E-state index in [9.17, 15) is 4.79 Å². The van der Waals surface area contributed by atoms with Crippen LogP contribution in [-0.2, 0) is 6.42 Å². The Morgan fingerprint density at radius 2 is 1.88 bits per heavy atom. The summed E-state index contributed by atoms with van der Waals surface area (Å²) in [5.74, 6) is 1.36. The summed E-state index contributed by atoms with van der Waals surface area (Å²) in [6.45, 7) is 0. The highest BCUT2D eigenvalue weighted by atomic mass is 16.1. The molecule has 3 aromatic heterocycles. The van der Waals surface area contributed by atoms with Crippen LogP contribution in [0.5, 0.6) is 0 Å². The monoisotopic (exact) mass is 450 g/mol. The second kappa shape index (κ2) is 8.82. The molecular weight excluding hydrogens is 424 g/mol. The second-order valence-electron chi connectivity index (χ2n) is 9.30. The molecule has 2 fully saturated rings. The lowest BCUT2D eigenvalue weighted by atomic mass is 9.82. The Morgan fingerprint density at radius 3 is 2.65 bits per heavy atom. The van der Waals surface area contributed by atoms with Crippen LogP contribution >= 0.6 is 0 Å². The van der Waals surface area contributed by atoms with Crippen molar-refractivity contribution in [2.24, 2.45) is 5.92 Å². The quantitative estimate of drug-likeness (QED) is 0.411. The molecule has 1 amide bonds. The molecule has 4 aromatic rings. The summed E-state index contributed by atoms with van der Waals surface area (Å²) >= 11 is 0. The van der Waals surface area contributed by atoms with E-state index in [0.29, 0.717) is 17.4 Å². The van der Waals surface area contributed by atoms with Crippen LogP contribution in [0, 0.1) is 5.92 Å². The first kappa shape index (κ1) is 20.7. The van der Waals surface area contributed by atoms with E-state index in [1.54, 1.807) is 12.5 Å². The smallest absolute Gasteiger partial charge is 0.274 e. The van der Waals surface area contributed by atoms with E-state index in [-0.39, 0.29) is 5.91 Å². The maximum Gasteiger partial charge on any atom is 0.274 e. The van der Waals surface area contributed by atoms with E-state index in [4.69, 9.17) is 0 Å². The molecule has 0 unspecified atom stereocenters. The number of nitrogens with one attached hydrogen (secondary N) is 1.